The third-order valence-corrected chi connectivity index (χ3v) is 6.75. The first-order chi connectivity index (χ1) is 19.3. The van der Waals surface area contributed by atoms with E-state index in [0.717, 1.165) is 14.7 Å². The highest BCUT2D eigenvalue weighted by Gasteiger charge is 2.15. The van der Waals surface area contributed by atoms with Gasteiger partial charge in [0.2, 0.25) is 0 Å². The van der Waals surface area contributed by atoms with Gasteiger partial charge in [-0.15, -0.1) is 0 Å². The van der Waals surface area contributed by atoms with Gasteiger partial charge in [0.15, 0.2) is 11.5 Å². The highest BCUT2D eigenvalue weighted by molar-refractivity contribution is 14.1. The molecule has 40 heavy (non-hydrogen) atoms. The van der Waals surface area contributed by atoms with Crippen molar-refractivity contribution in [1.29, 1.82) is 5.26 Å². The van der Waals surface area contributed by atoms with E-state index >= 15 is 0 Å². The molecule has 0 heterocycles. The van der Waals surface area contributed by atoms with Crippen molar-refractivity contribution in [2.24, 2.45) is 0 Å². The molecule has 0 fully saturated rings. The Bertz CT molecular complexity index is 1540. The van der Waals surface area contributed by atoms with Gasteiger partial charge >= 0.3 is 0 Å². The molecule has 1 amide bonds. The lowest BCUT2D eigenvalue weighted by molar-refractivity contribution is -0.112. The molecule has 0 saturated carbocycles. The Morgan fingerprint density at radius 2 is 1.57 bits per heavy atom. The number of carbonyl (C=O) groups is 1. The maximum Gasteiger partial charge on any atom is 0.266 e. The number of benzene rings is 4. The van der Waals surface area contributed by atoms with Crippen LogP contribution >= 0.6 is 22.6 Å². The van der Waals surface area contributed by atoms with E-state index in [4.69, 9.17) is 14.2 Å². The largest absolute Gasteiger partial charge is 0.493 e. The summed E-state index contributed by atoms with van der Waals surface area (Å²) in [4.78, 5) is 12.9. The molecule has 0 saturated heterocycles. The minimum Gasteiger partial charge on any atom is -0.493 e. The maximum absolute atomic E-state index is 12.9. The molecule has 4 rings (SSSR count). The number of aryl methyl sites for hydroxylation is 2. The number of methoxy groups -OCH3 is 1. The molecule has 0 aliphatic rings. The van der Waals surface area contributed by atoms with Crippen LogP contribution < -0.4 is 19.5 Å². The first kappa shape index (κ1) is 28.7. The molecule has 7 heteroatoms. The quantitative estimate of drug-likeness (QED) is 0.109. The molecular formula is C33H29IN2O4. The third kappa shape index (κ3) is 7.87. The lowest BCUT2D eigenvalue weighted by Gasteiger charge is -2.14. The van der Waals surface area contributed by atoms with Crippen molar-refractivity contribution in [1.82, 2.24) is 0 Å². The van der Waals surface area contributed by atoms with Crippen molar-refractivity contribution in [2.45, 2.75) is 27.1 Å². The van der Waals surface area contributed by atoms with Crippen LogP contribution in [0.5, 0.6) is 17.2 Å². The van der Waals surface area contributed by atoms with Crippen LogP contribution in [0.4, 0.5) is 5.69 Å². The second-order valence-corrected chi connectivity index (χ2v) is 10.4. The average molecular weight is 645 g/mol. The number of anilines is 1. The molecule has 202 valence electrons. The Hall–Kier alpha value is -4.29. The standard InChI is InChI=1S/C33H29IN2O4/c1-22-13-23(2)15-26(14-22)21-40-32-30(34)17-25(18-31(32)38-3)16-27(19-35)33(37)36-28-9-11-29(12-10-28)39-20-24-7-5-4-6-8-24/h4-18H,20-21H2,1-3H3,(H,36,37)/b27-16+. The zero-order valence-corrected chi connectivity index (χ0v) is 24.7. The molecule has 4 aromatic carbocycles. The first-order valence-corrected chi connectivity index (χ1v) is 13.7. The van der Waals surface area contributed by atoms with Crippen molar-refractivity contribution < 1.29 is 19.0 Å². The Morgan fingerprint density at radius 1 is 0.900 bits per heavy atom. The molecule has 0 unspecified atom stereocenters. The molecule has 0 atom stereocenters. The molecule has 0 aliphatic carbocycles. The van der Waals surface area contributed by atoms with Crippen LogP contribution in [0.15, 0.2) is 90.5 Å². The fraction of sp³-hybridized carbons (Fsp3) is 0.152. The van der Waals surface area contributed by atoms with Crippen LogP contribution in [0.3, 0.4) is 0 Å². The van der Waals surface area contributed by atoms with E-state index in [0.29, 0.717) is 41.7 Å². The van der Waals surface area contributed by atoms with Crippen LogP contribution in [0.1, 0.15) is 27.8 Å². The van der Waals surface area contributed by atoms with Crippen molar-refractivity contribution in [3.05, 3.63) is 122 Å². The van der Waals surface area contributed by atoms with Crippen molar-refractivity contribution in [3.63, 3.8) is 0 Å². The van der Waals surface area contributed by atoms with E-state index in [2.05, 4.69) is 60.0 Å². The molecule has 0 bridgehead atoms. The lowest BCUT2D eigenvalue weighted by Crippen LogP contribution is -2.13. The summed E-state index contributed by atoms with van der Waals surface area (Å²) in [6.45, 7) is 4.96. The number of ether oxygens (including phenoxy) is 3. The number of nitrogens with zero attached hydrogens (tertiary/aromatic N) is 1. The number of carbonyl (C=O) groups excluding carboxylic acids is 1. The highest BCUT2D eigenvalue weighted by atomic mass is 127. The van der Waals surface area contributed by atoms with Gasteiger partial charge in [0.05, 0.1) is 10.7 Å². The van der Waals surface area contributed by atoms with E-state index in [1.54, 1.807) is 37.4 Å². The van der Waals surface area contributed by atoms with Gasteiger partial charge < -0.3 is 19.5 Å². The third-order valence-electron chi connectivity index (χ3n) is 5.95. The van der Waals surface area contributed by atoms with Gasteiger partial charge in [0, 0.05) is 5.69 Å². The fourth-order valence-electron chi connectivity index (χ4n) is 4.16. The van der Waals surface area contributed by atoms with Crippen LogP contribution in [-0.2, 0) is 18.0 Å². The summed E-state index contributed by atoms with van der Waals surface area (Å²) in [5.41, 5.74) is 5.66. The van der Waals surface area contributed by atoms with Gasteiger partial charge in [-0.3, -0.25) is 4.79 Å². The summed E-state index contributed by atoms with van der Waals surface area (Å²) >= 11 is 2.17. The Morgan fingerprint density at radius 3 is 2.23 bits per heavy atom. The first-order valence-electron chi connectivity index (χ1n) is 12.6. The van der Waals surface area contributed by atoms with Crippen molar-refractivity contribution in [2.75, 3.05) is 12.4 Å². The van der Waals surface area contributed by atoms with E-state index in [1.807, 2.05) is 42.5 Å². The van der Waals surface area contributed by atoms with Crippen molar-refractivity contribution in [3.8, 4) is 23.3 Å². The number of rotatable bonds is 10. The van der Waals surface area contributed by atoms with Crippen LogP contribution in [-0.4, -0.2) is 13.0 Å². The molecule has 0 aromatic heterocycles. The van der Waals surface area contributed by atoms with Gasteiger partial charge in [-0.2, -0.15) is 5.26 Å². The van der Waals surface area contributed by atoms with Gasteiger partial charge in [0.1, 0.15) is 30.6 Å². The number of hydrogen-bond acceptors (Lipinski definition) is 5. The summed E-state index contributed by atoms with van der Waals surface area (Å²) in [6.07, 6.45) is 1.53. The zero-order valence-electron chi connectivity index (χ0n) is 22.5. The van der Waals surface area contributed by atoms with Crippen LogP contribution in [0, 0.1) is 28.7 Å². The Kier molecular flexibility index (Phi) is 9.81. The van der Waals surface area contributed by atoms with Gasteiger partial charge in [-0.25, -0.2) is 0 Å². The Balaban J connectivity index is 1.43. The molecular weight excluding hydrogens is 615 g/mol. The molecule has 0 spiro atoms. The minimum absolute atomic E-state index is 0.0360. The molecule has 6 nitrogen and oxygen atoms in total. The fourth-order valence-corrected chi connectivity index (χ4v) is 4.94. The number of amides is 1. The SMILES string of the molecule is COc1cc(/C=C(\C#N)C(=O)Nc2ccc(OCc3ccccc3)cc2)cc(I)c1OCc1cc(C)cc(C)c1. The maximum atomic E-state index is 12.9. The van der Waals surface area contributed by atoms with Gasteiger partial charge in [0.25, 0.3) is 5.91 Å². The molecule has 0 aliphatic heterocycles. The minimum atomic E-state index is -0.510. The van der Waals surface area contributed by atoms with E-state index in [1.165, 1.54) is 17.2 Å². The topological polar surface area (TPSA) is 80.6 Å². The highest BCUT2D eigenvalue weighted by Crippen LogP contribution is 2.35. The predicted molar refractivity (Wildman–Crippen MR) is 165 cm³/mol. The number of hydrogen-bond donors (Lipinski definition) is 1. The van der Waals surface area contributed by atoms with Gasteiger partial charge in [-0.05, 0) is 95.6 Å². The summed E-state index contributed by atoms with van der Waals surface area (Å²) in [5, 5.41) is 12.5. The zero-order chi connectivity index (χ0) is 28.5. The van der Waals surface area contributed by atoms with Crippen molar-refractivity contribution >= 4 is 40.3 Å². The predicted octanol–water partition coefficient (Wildman–Crippen LogP) is 7.62. The second kappa shape index (κ2) is 13.7. The van der Waals surface area contributed by atoms with Crippen LogP contribution in [0.25, 0.3) is 6.08 Å². The summed E-state index contributed by atoms with van der Waals surface area (Å²) < 4.78 is 18.3. The Labute approximate surface area is 248 Å². The average Bonchev–Trinajstić information content (AvgIpc) is 2.94. The van der Waals surface area contributed by atoms with E-state index in [9.17, 15) is 10.1 Å². The number of halogens is 1. The number of nitriles is 1. The molecule has 4 aromatic rings. The number of nitrogens with one attached hydrogen (secondary N) is 1. The molecule has 0 radical (unpaired) electrons. The van der Waals surface area contributed by atoms with E-state index in [-0.39, 0.29) is 5.57 Å². The smallest absolute Gasteiger partial charge is 0.266 e. The summed E-state index contributed by atoms with van der Waals surface area (Å²) in [6, 6.07) is 28.8. The lowest BCUT2D eigenvalue weighted by atomic mass is 10.1. The summed E-state index contributed by atoms with van der Waals surface area (Å²) in [7, 11) is 1.56. The monoisotopic (exact) mass is 644 g/mol. The van der Waals surface area contributed by atoms with E-state index < -0.39 is 5.91 Å². The van der Waals surface area contributed by atoms with Gasteiger partial charge in [-0.1, -0.05) is 59.7 Å². The normalized spacial score (nSPS) is 10.9. The van der Waals surface area contributed by atoms with Crippen LogP contribution in [0.2, 0.25) is 0 Å². The molecule has 1 N–H and O–H groups in total. The second-order valence-electron chi connectivity index (χ2n) is 9.24. The summed E-state index contributed by atoms with van der Waals surface area (Å²) in [5.74, 6) is 1.30.